The Balaban J connectivity index is 1.50. The summed E-state index contributed by atoms with van der Waals surface area (Å²) >= 11 is 0. The molecular weight excluding hydrogens is 364 g/mol. The minimum atomic E-state index is -3.58. The highest BCUT2D eigenvalue weighted by molar-refractivity contribution is 7.92. The van der Waals surface area contributed by atoms with Gasteiger partial charge in [0.05, 0.1) is 5.25 Å². The first kappa shape index (κ1) is 18.5. The molecule has 1 fully saturated rings. The number of carbonyl (C=O) groups excluding carboxylic acids is 2. The van der Waals surface area contributed by atoms with Gasteiger partial charge >= 0.3 is 0 Å². The summed E-state index contributed by atoms with van der Waals surface area (Å²) in [6.45, 7) is 2.08. The molecule has 1 unspecified atom stereocenters. The van der Waals surface area contributed by atoms with Crippen LogP contribution in [-0.2, 0) is 45.1 Å². The van der Waals surface area contributed by atoms with E-state index in [1.807, 2.05) is 0 Å². The van der Waals surface area contributed by atoms with Crippen molar-refractivity contribution in [1.82, 2.24) is 4.90 Å². The van der Waals surface area contributed by atoms with Gasteiger partial charge in [0.2, 0.25) is 11.8 Å². The number of sulfone groups is 1. The lowest BCUT2D eigenvalue weighted by atomic mass is 9.98. The molecule has 0 radical (unpaired) electrons. The number of likely N-dealkylation sites (tertiary alicyclic amines) is 1. The molecule has 2 aliphatic carbocycles. The van der Waals surface area contributed by atoms with Gasteiger partial charge in [-0.3, -0.25) is 9.59 Å². The molecule has 3 aliphatic rings. The van der Waals surface area contributed by atoms with Crippen LogP contribution in [0.4, 0.5) is 5.69 Å². The van der Waals surface area contributed by atoms with Crippen molar-refractivity contribution < 1.29 is 18.0 Å². The lowest BCUT2D eigenvalue weighted by molar-refractivity contribution is -0.127. The Morgan fingerprint density at radius 2 is 1.74 bits per heavy atom. The summed E-state index contributed by atoms with van der Waals surface area (Å²) in [5.74, 6) is -1.08. The van der Waals surface area contributed by atoms with E-state index in [1.54, 1.807) is 0 Å². The number of fused-ring (bicyclic) bond motifs is 2. The van der Waals surface area contributed by atoms with Gasteiger partial charge in [0.15, 0.2) is 9.84 Å². The number of rotatable bonds is 4. The second-order valence-electron chi connectivity index (χ2n) is 7.97. The first-order valence-electron chi connectivity index (χ1n) is 9.78. The topological polar surface area (TPSA) is 83.6 Å². The standard InChI is InChI=1S/C20H26N2O4S/c1-13(23)22-9-8-16(11-22)27(25,26)12-19(24)21-20-17-6-2-4-14(17)10-15-5-3-7-18(15)20/h10,16H,2-9,11-12H2,1H3,(H,21,24). The van der Waals surface area contributed by atoms with Crippen molar-refractivity contribution >= 4 is 27.3 Å². The van der Waals surface area contributed by atoms with Crippen LogP contribution in [0.5, 0.6) is 0 Å². The number of amides is 2. The van der Waals surface area contributed by atoms with E-state index in [-0.39, 0.29) is 12.5 Å². The Labute approximate surface area is 160 Å². The fourth-order valence-electron chi connectivity index (χ4n) is 4.75. The molecule has 0 spiro atoms. The predicted molar refractivity (Wildman–Crippen MR) is 104 cm³/mol. The number of carbonyl (C=O) groups is 2. The van der Waals surface area contributed by atoms with E-state index in [9.17, 15) is 18.0 Å². The number of nitrogens with zero attached hydrogens (tertiary/aromatic N) is 1. The number of hydrogen-bond acceptors (Lipinski definition) is 4. The number of anilines is 1. The maximum atomic E-state index is 12.7. The van der Waals surface area contributed by atoms with Crippen molar-refractivity contribution in [3.8, 4) is 0 Å². The molecule has 27 heavy (non-hydrogen) atoms. The van der Waals surface area contributed by atoms with Crippen LogP contribution in [-0.4, -0.2) is 49.2 Å². The molecule has 1 N–H and O–H groups in total. The summed E-state index contributed by atoms with van der Waals surface area (Å²) in [6.07, 6.45) is 6.54. The lowest BCUT2D eigenvalue weighted by Crippen LogP contribution is -2.34. The molecule has 0 saturated carbocycles. The molecule has 146 valence electrons. The molecule has 2 amide bonds. The van der Waals surface area contributed by atoms with E-state index in [0.29, 0.717) is 13.0 Å². The average molecular weight is 391 g/mol. The number of hydrogen-bond donors (Lipinski definition) is 1. The summed E-state index contributed by atoms with van der Waals surface area (Å²) in [4.78, 5) is 25.6. The highest BCUT2D eigenvalue weighted by Gasteiger charge is 2.36. The maximum Gasteiger partial charge on any atom is 0.239 e. The molecule has 0 bridgehead atoms. The molecule has 0 aromatic heterocycles. The molecule has 7 heteroatoms. The molecule has 4 rings (SSSR count). The van der Waals surface area contributed by atoms with Crippen molar-refractivity contribution in [2.24, 2.45) is 0 Å². The first-order chi connectivity index (χ1) is 12.8. The van der Waals surface area contributed by atoms with Crippen LogP contribution < -0.4 is 5.32 Å². The van der Waals surface area contributed by atoms with Gasteiger partial charge in [-0.05, 0) is 67.2 Å². The molecule has 1 aromatic rings. The van der Waals surface area contributed by atoms with E-state index >= 15 is 0 Å². The monoisotopic (exact) mass is 390 g/mol. The van der Waals surface area contributed by atoms with E-state index < -0.39 is 26.7 Å². The fourth-order valence-corrected chi connectivity index (χ4v) is 6.30. The summed E-state index contributed by atoms with van der Waals surface area (Å²) < 4.78 is 25.3. The predicted octanol–water partition coefficient (Wildman–Crippen LogP) is 1.64. The molecule has 6 nitrogen and oxygen atoms in total. The second-order valence-corrected chi connectivity index (χ2v) is 10.2. The van der Waals surface area contributed by atoms with Gasteiger partial charge in [-0.1, -0.05) is 6.07 Å². The Hall–Kier alpha value is -1.89. The number of nitrogens with one attached hydrogen (secondary N) is 1. The van der Waals surface area contributed by atoms with E-state index in [0.717, 1.165) is 44.2 Å². The molecule has 1 heterocycles. The van der Waals surface area contributed by atoms with Gasteiger partial charge in [0.1, 0.15) is 5.75 Å². The van der Waals surface area contributed by atoms with Crippen LogP contribution in [0.3, 0.4) is 0 Å². The van der Waals surface area contributed by atoms with Gasteiger partial charge < -0.3 is 10.2 Å². The Morgan fingerprint density at radius 1 is 1.11 bits per heavy atom. The molecule has 1 aliphatic heterocycles. The van der Waals surface area contributed by atoms with E-state index in [2.05, 4.69) is 11.4 Å². The second kappa shape index (κ2) is 6.93. The average Bonchev–Trinajstić information content (AvgIpc) is 3.34. The normalized spacial score (nSPS) is 21.2. The summed E-state index contributed by atoms with van der Waals surface area (Å²) in [7, 11) is -3.58. The molecular formula is C20H26N2O4S. The summed E-state index contributed by atoms with van der Waals surface area (Å²) in [6, 6.07) is 2.28. The quantitative estimate of drug-likeness (QED) is 0.847. The van der Waals surface area contributed by atoms with Gasteiger partial charge in [-0.15, -0.1) is 0 Å². The summed E-state index contributed by atoms with van der Waals surface area (Å²) in [5, 5.41) is 2.32. The SMILES string of the molecule is CC(=O)N1CCC(S(=O)(=O)CC(=O)Nc2c3c(cc4c2CCC4)CCC3)C1. The fraction of sp³-hybridized carbons (Fsp3) is 0.600. The third-order valence-electron chi connectivity index (χ3n) is 6.17. The number of aryl methyl sites for hydroxylation is 2. The van der Waals surface area contributed by atoms with Gasteiger partial charge in [0, 0.05) is 25.7 Å². The van der Waals surface area contributed by atoms with Gasteiger partial charge in [-0.25, -0.2) is 8.42 Å². The zero-order valence-corrected chi connectivity index (χ0v) is 16.5. The van der Waals surface area contributed by atoms with Crippen LogP contribution in [0.15, 0.2) is 6.07 Å². The van der Waals surface area contributed by atoms with E-state index in [1.165, 1.54) is 34.1 Å². The Morgan fingerprint density at radius 3 is 2.30 bits per heavy atom. The van der Waals surface area contributed by atoms with Crippen molar-refractivity contribution in [2.45, 2.75) is 57.1 Å². The zero-order valence-electron chi connectivity index (χ0n) is 15.7. The Kier molecular flexibility index (Phi) is 4.74. The minimum Gasteiger partial charge on any atom is -0.342 e. The van der Waals surface area contributed by atoms with Crippen LogP contribution >= 0.6 is 0 Å². The largest absolute Gasteiger partial charge is 0.342 e. The molecule has 1 saturated heterocycles. The summed E-state index contributed by atoms with van der Waals surface area (Å²) in [5.41, 5.74) is 5.90. The van der Waals surface area contributed by atoms with Crippen molar-refractivity contribution in [2.75, 3.05) is 24.2 Å². The molecule has 1 aromatic carbocycles. The van der Waals surface area contributed by atoms with Crippen molar-refractivity contribution in [1.29, 1.82) is 0 Å². The van der Waals surface area contributed by atoms with Gasteiger partial charge in [-0.2, -0.15) is 0 Å². The smallest absolute Gasteiger partial charge is 0.239 e. The highest BCUT2D eigenvalue weighted by atomic mass is 32.2. The van der Waals surface area contributed by atoms with Crippen molar-refractivity contribution in [3.05, 3.63) is 28.3 Å². The van der Waals surface area contributed by atoms with Crippen LogP contribution in [0, 0.1) is 0 Å². The first-order valence-corrected chi connectivity index (χ1v) is 11.5. The third kappa shape index (κ3) is 3.49. The van der Waals surface area contributed by atoms with Crippen molar-refractivity contribution in [3.63, 3.8) is 0 Å². The third-order valence-corrected chi connectivity index (χ3v) is 8.23. The van der Waals surface area contributed by atoms with Crippen LogP contribution in [0.25, 0.3) is 0 Å². The Bertz CT molecular complexity index is 875. The maximum absolute atomic E-state index is 12.7. The van der Waals surface area contributed by atoms with Crippen LogP contribution in [0.2, 0.25) is 0 Å². The number of benzene rings is 1. The van der Waals surface area contributed by atoms with E-state index in [4.69, 9.17) is 0 Å². The van der Waals surface area contributed by atoms with Crippen LogP contribution in [0.1, 0.15) is 48.4 Å². The lowest BCUT2D eigenvalue weighted by Gasteiger charge is -2.17. The van der Waals surface area contributed by atoms with Gasteiger partial charge in [0.25, 0.3) is 0 Å². The zero-order chi connectivity index (χ0) is 19.2. The minimum absolute atomic E-state index is 0.118. The molecule has 1 atom stereocenters. The highest BCUT2D eigenvalue weighted by Crippen LogP contribution is 2.38.